The van der Waals surface area contributed by atoms with Crippen molar-refractivity contribution in [2.75, 3.05) is 11.9 Å². The number of nitrogens with one attached hydrogen (secondary N) is 1. The zero-order valence-corrected chi connectivity index (χ0v) is 14.0. The number of benzene rings is 2. The Balaban J connectivity index is 1.78. The molecule has 0 radical (unpaired) electrons. The number of ether oxygens (including phenoxy) is 1. The highest BCUT2D eigenvalue weighted by atomic mass is 35.5. The van der Waals surface area contributed by atoms with E-state index in [1.807, 2.05) is 0 Å². The molecule has 1 amide bonds. The minimum Gasteiger partial charge on any atom is -0.492 e. The molecular formula is C17H16Cl2FNO2. The molecule has 0 spiro atoms. The molecule has 1 N–H and O–H groups in total. The molecule has 0 bridgehead atoms. The molecular weight excluding hydrogens is 340 g/mol. The van der Waals surface area contributed by atoms with Crippen LogP contribution in [0.1, 0.15) is 18.4 Å². The highest BCUT2D eigenvalue weighted by molar-refractivity contribution is 6.35. The van der Waals surface area contributed by atoms with Gasteiger partial charge in [0.1, 0.15) is 11.6 Å². The zero-order chi connectivity index (χ0) is 16.8. The second-order valence-corrected chi connectivity index (χ2v) is 5.83. The van der Waals surface area contributed by atoms with E-state index in [1.54, 1.807) is 37.3 Å². The molecule has 2 aromatic carbocycles. The fourth-order valence-corrected chi connectivity index (χ4v) is 2.43. The first-order valence-corrected chi connectivity index (χ1v) is 7.86. The van der Waals surface area contributed by atoms with Gasteiger partial charge in [0, 0.05) is 22.7 Å². The number of anilines is 1. The fourth-order valence-electron chi connectivity index (χ4n) is 1.96. The second kappa shape index (κ2) is 8.18. The van der Waals surface area contributed by atoms with Gasteiger partial charge in [-0.3, -0.25) is 4.79 Å². The summed E-state index contributed by atoms with van der Waals surface area (Å²) in [4.78, 5) is 11.9. The zero-order valence-electron chi connectivity index (χ0n) is 12.5. The third-order valence-electron chi connectivity index (χ3n) is 3.24. The minimum atomic E-state index is -0.344. The van der Waals surface area contributed by atoms with E-state index in [2.05, 4.69) is 5.32 Å². The molecule has 3 nitrogen and oxygen atoms in total. The molecule has 122 valence electrons. The van der Waals surface area contributed by atoms with Gasteiger partial charge in [-0.1, -0.05) is 29.3 Å². The summed E-state index contributed by atoms with van der Waals surface area (Å²) >= 11 is 11.8. The molecule has 6 heteroatoms. The number of hydrogen-bond donors (Lipinski definition) is 1. The lowest BCUT2D eigenvalue weighted by atomic mass is 10.2. The Morgan fingerprint density at radius 3 is 2.78 bits per heavy atom. The van der Waals surface area contributed by atoms with Crippen LogP contribution in [0.3, 0.4) is 0 Å². The summed E-state index contributed by atoms with van der Waals surface area (Å²) < 4.78 is 18.9. The average Bonchev–Trinajstić information content (AvgIpc) is 2.50. The van der Waals surface area contributed by atoms with Crippen molar-refractivity contribution in [1.82, 2.24) is 0 Å². The third-order valence-corrected chi connectivity index (χ3v) is 3.77. The highest BCUT2D eigenvalue weighted by Crippen LogP contribution is 2.27. The topological polar surface area (TPSA) is 38.3 Å². The van der Waals surface area contributed by atoms with Gasteiger partial charge in [-0.25, -0.2) is 4.39 Å². The van der Waals surface area contributed by atoms with Gasteiger partial charge in [0.05, 0.1) is 11.6 Å². The van der Waals surface area contributed by atoms with E-state index in [-0.39, 0.29) is 18.1 Å². The van der Waals surface area contributed by atoms with E-state index in [0.717, 1.165) is 0 Å². The monoisotopic (exact) mass is 355 g/mol. The lowest BCUT2D eigenvalue weighted by Gasteiger charge is -2.10. The molecule has 0 heterocycles. The van der Waals surface area contributed by atoms with E-state index in [4.69, 9.17) is 27.9 Å². The standard InChI is InChI=1S/C17H16Cl2FNO2/c1-11-14(20)4-2-5-15(11)21-17(22)6-3-9-23-16-8-7-12(18)10-13(16)19/h2,4-5,7-8,10H,3,6,9H2,1H3,(H,21,22). The van der Waals surface area contributed by atoms with E-state index >= 15 is 0 Å². The first-order valence-electron chi connectivity index (χ1n) is 7.10. The maximum Gasteiger partial charge on any atom is 0.224 e. The summed E-state index contributed by atoms with van der Waals surface area (Å²) in [5, 5.41) is 3.65. The number of halogens is 3. The molecule has 23 heavy (non-hydrogen) atoms. The molecule has 0 aliphatic heterocycles. The smallest absolute Gasteiger partial charge is 0.224 e. The van der Waals surface area contributed by atoms with Crippen LogP contribution >= 0.6 is 23.2 Å². The predicted molar refractivity (Wildman–Crippen MR) is 91.0 cm³/mol. The Morgan fingerprint density at radius 2 is 2.04 bits per heavy atom. The first-order chi connectivity index (χ1) is 11.0. The fraction of sp³-hybridized carbons (Fsp3) is 0.235. The van der Waals surface area contributed by atoms with Crippen LogP contribution in [-0.2, 0) is 4.79 Å². The minimum absolute atomic E-state index is 0.190. The summed E-state index contributed by atoms with van der Waals surface area (Å²) in [5.74, 6) is -0.00883. The van der Waals surface area contributed by atoms with E-state index in [0.29, 0.717) is 40.1 Å². The summed E-state index contributed by atoms with van der Waals surface area (Å²) in [7, 11) is 0. The quantitative estimate of drug-likeness (QED) is 0.719. The van der Waals surface area contributed by atoms with Crippen LogP contribution in [0.15, 0.2) is 36.4 Å². The van der Waals surface area contributed by atoms with Crippen LogP contribution in [0.4, 0.5) is 10.1 Å². The number of hydrogen-bond acceptors (Lipinski definition) is 2. The van der Waals surface area contributed by atoms with Crippen molar-refractivity contribution in [3.05, 3.63) is 57.8 Å². The van der Waals surface area contributed by atoms with Gasteiger partial charge in [0.2, 0.25) is 5.91 Å². The molecule has 0 saturated heterocycles. The van der Waals surface area contributed by atoms with Crippen LogP contribution in [-0.4, -0.2) is 12.5 Å². The third kappa shape index (κ3) is 5.12. The Hall–Kier alpha value is -1.78. The second-order valence-electron chi connectivity index (χ2n) is 4.99. The summed E-state index contributed by atoms with van der Waals surface area (Å²) in [6, 6.07) is 9.54. The van der Waals surface area contributed by atoms with Crippen molar-refractivity contribution in [3.8, 4) is 5.75 Å². The van der Waals surface area contributed by atoms with Gasteiger partial charge in [-0.15, -0.1) is 0 Å². The molecule has 0 saturated carbocycles. The van der Waals surface area contributed by atoms with Crippen molar-refractivity contribution in [2.24, 2.45) is 0 Å². The van der Waals surface area contributed by atoms with Crippen LogP contribution in [0.2, 0.25) is 10.0 Å². The lowest BCUT2D eigenvalue weighted by molar-refractivity contribution is -0.116. The van der Waals surface area contributed by atoms with Crippen molar-refractivity contribution in [1.29, 1.82) is 0 Å². The van der Waals surface area contributed by atoms with Crippen LogP contribution in [0.5, 0.6) is 5.75 Å². The number of amides is 1. The van der Waals surface area contributed by atoms with Crippen molar-refractivity contribution >= 4 is 34.8 Å². The first kappa shape index (κ1) is 17.6. The SMILES string of the molecule is Cc1c(F)cccc1NC(=O)CCCOc1ccc(Cl)cc1Cl. The summed E-state index contributed by atoms with van der Waals surface area (Å²) in [6.07, 6.45) is 0.778. The molecule has 2 aromatic rings. The maximum atomic E-state index is 13.4. The molecule has 2 rings (SSSR count). The van der Waals surface area contributed by atoms with Crippen LogP contribution < -0.4 is 10.1 Å². The van der Waals surface area contributed by atoms with Crippen LogP contribution in [0.25, 0.3) is 0 Å². The van der Waals surface area contributed by atoms with Gasteiger partial charge in [0.15, 0.2) is 0 Å². The Kier molecular flexibility index (Phi) is 6.25. The van der Waals surface area contributed by atoms with Gasteiger partial charge in [-0.05, 0) is 43.7 Å². The largest absolute Gasteiger partial charge is 0.492 e. The van der Waals surface area contributed by atoms with E-state index < -0.39 is 0 Å². The van der Waals surface area contributed by atoms with Gasteiger partial charge >= 0.3 is 0 Å². The molecule has 0 unspecified atom stereocenters. The molecule has 0 aliphatic carbocycles. The maximum absolute atomic E-state index is 13.4. The molecule has 0 fully saturated rings. The van der Waals surface area contributed by atoms with Crippen molar-refractivity contribution < 1.29 is 13.9 Å². The van der Waals surface area contributed by atoms with E-state index in [1.165, 1.54) is 6.07 Å². The van der Waals surface area contributed by atoms with Crippen molar-refractivity contribution in [2.45, 2.75) is 19.8 Å². The van der Waals surface area contributed by atoms with Gasteiger partial charge in [-0.2, -0.15) is 0 Å². The molecule has 0 aromatic heterocycles. The van der Waals surface area contributed by atoms with E-state index in [9.17, 15) is 9.18 Å². The summed E-state index contributed by atoms with van der Waals surface area (Å²) in [6.45, 7) is 1.97. The number of rotatable bonds is 6. The highest BCUT2D eigenvalue weighted by Gasteiger charge is 2.08. The molecule has 0 atom stereocenters. The van der Waals surface area contributed by atoms with Crippen molar-refractivity contribution in [3.63, 3.8) is 0 Å². The Morgan fingerprint density at radius 1 is 1.26 bits per heavy atom. The van der Waals surface area contributed by atoms with Gasteiger partial charge < -0.3 is 10.1 Å². The normalized spacial score (nSPS) is 10.4. The summed E-state index contributed by atoms with van der Waals surface area (Å²) in [5.41, 5.74) is 0.904. The predicted octanol–water partition coefficient (Wildman–Crippen LogP) is 5.24. The van der Waals surface area contributed by atoms with Gasteiger partial charge in [0.25, 0.3) is 0 Å². The Labute approximate surface area is 144 Å². The number of carbonyl (C=O) groups is 1. The lowest BCUT2D eigenvalue weighted by Crippen LogP contribution is -2.14. The average molecular weight is 356 g/mol. The molecule has 0 aliphatic rings. The Bertz CT molecular complexity index is 707. The number of carbonyl (C=O) groups excluding carboxylic acids is 1. The van der Waals surface area contributed by atoms with Crippen LogP contribution in [0, 0.1) is 12.7 Å².